The third kappa shape index (κ3) is 3.57. The molecule has 2 bridgehead atoms. The first-order chi connectivity index (χ1) is 12.2. The number of allylic oxidation sites excluding steroid dienone is 1. The highest BCUT2D eigenvalue weighted by atomic mass is 15.2. The van der Waals surface area contributed by atoms with Crippen LogP contribution in [0, 0.1) is 5.92 Å². The molecule has 2 saturated heterocycles. The summed E-state index contributed by atoms with van der Waals surface area (Å²) in [5, 5.41) is 3.75. The molecule has 0 spiro atoms. The van der Waals surface area contributed by atoms with Crippen molar-refractivity contribution in [3.8, 4) is 0 Å². The maximum atomic E-state index is 6.15. The first-order valence-corrected chi connectivity index (χ1v) is 10.3. The molecule has 0 radical (unpaired) electrons. The molecule has 5 atom stereocenters. The maximum absolute atomic E-state index is 6.15. The minimum Gasteiger partial charge on any atom is -0.397 e. The Kier molecular flexibility index (Phi) is 5.03. The summed E-state index contributed by atoms with van der Waals surface area (Å²) in [4.78, 5) is 2.94. The number of anilines is 2. The zero-order chi connectivity index (χ0) is 17.2. The van der Waals surface area contributed by atoms with E-state index in [2.05, 4.69) is 35.0 Å². The van der Waals surface area contributed by atoms with Crippen molar-refractivity contribution in [3.05, 3.63) is 36.9 Å². The van der Waals surface area contributed by atoms with Gasteiger partial charge in [-0.3, -0.25) is 4.90 Å². The van der Waals surface area contributed by atoms with Crippen LogP contribution >= 0.6 is 0 Å². The lowest BCUT2D eigenvalue weighted by Crippen LogP contribution is -2.59. The quantitative estimate of drug-likeness (QED) is 0.611. The molecule has 3 aliphatic rings. The fourth-order valence-corrected chi connectivity index (χ4v) is 5.67. The lowest BCUT2D eigenvalue weighted by molar-refractivity contribution is -0.0191. The van der Waals surface area contributed by atoms with Gasteiger partial charge in [0.25, 0.3) is 0 Å². The number of para-hydroxylation sites is 2. The first-order valence-electron chi connectivity index (χ1n) is 10.3. The van der Waals surface area contributed by atoms with Crippen LogP contribution in [0.1, 0.15) is 57.8 Å². The number of nitrogens with zero attached hydrogens (tertiary/aromatic N) is 1. The molecule has 1 saturated carbocycles. The normalized spacial score (nSPS) is 35.9. The van der Waals surface area contributed by atoms with Gasteiger partial charge in [0.1, 0.15) is 0 Å². The third-order valence-electron chi connectivity index (χ3n) is 6.79. The molecule has 25 heavy (non-hydrogen) atoms. The Labute approximate surface area is 152 Å². The standard InChI is InChI=1S/C22H33N3/c1-2-16-7-5-8-18(13-16)25-19-9-6-10-20(25)15-17(14-19)24-22-12-4-3-11-21(22)23/h2-4,11-12,16-20,24H,1,5-10,13-15,23H2/t16?,17?,18-,19-,20+/m0/s1. The zero-order valence-electron chi connectivity index (χ0n) is 15.4. The lowest BCUT2D eigenvalue weighted by Gasteiger charge is -2.54. The Hall–Kier alpha value is -1.48. The molecule has 1 aromatic rings. The molecule has 136 valence electrons. The van der Waals surface area contributed by atoms with E-state index >= 15 is 0 Å². The molecule has 3 N–H and O–H groups in total. The van der Waals surface area contributed by atoms with Gasteiger partial charge in [-0.05, 0) is 63.0 Å². The molecule has 1 aromatic carbocycles. The van der Waals surface area contributed by atoms with E-state index in [1.165, 1.54) is 57.8 Å². The van der Waals surface area contributed by atoms with Gasteiger partial charge in [0.05, 0.1) is 11.4 Å². The largest absolute Gasteiger partial charge is 0.397 e. The van der Waals surface area contributed by atoms with E-state index in [-0.39, 0.29) is 0 Å². The second-order valence-electron chi connectivity index (χ2n) is 8.40. The van der Waals surface area contributed by atoms with Crippen LogP contribution < -0.4 is 11.1 Å². The topological polar surface area (TPSA) is 41.3 Å². The highest BCUT2D eigenvalue weighted by Gasteiger charge is 2.42. The summed E-state index contributed by atoms with van der Waals surface area (Å²) in [5.41, 5.74) is 8.13. The van der Waals surface area contributed by atoms with E-state index in [9.17, 15) is 0 Å². The van der Waals surface area contributed by atoms with E-state index in [0.29, 0.717) is 6.04 Å². The van der Waals surface area contributed by atoms with Gasteiger partial charge in [-0.25, -0.2) is 0 Å². The number of hydrogen-bond donors (Lipinski definition) is 2. The van der Waals surface area contributed by atoms with Crippen LogP contribution in [0.4, 0.5) is 11.4 Å². The summed E-state index contributed by atoms with van der Waals surface area (Å²) < 4.78 is 0. The van der Waals surface area contributed by atoms with E-state index < -0.39 is 0 Å². The Morgan fingerprint density at radius 3 is 2.28 bits per heavy atom. The molecule has 3 fully saturated rings. The maximum Gasteiger partial charge on any atom is 0.0576 e. The number of hydrogen-bond acceptors (Lipinski definition) is 3. The minimum absolute atomic E-state index is 0.565. The molecule has 3 nitrogen and oxygen atoms in total. The van der Waals surface area contributed by atoms with Gasteiger partial charge < -0.3 is 11.1 Å². The van der Waals surface area contributed by atoms with Gasteiger partial charge >= 0.3 is 0 Å². The highest BCUT2D eigenvalue weighted by Crippen LogP contribution is 2.41. The molecule has 0 aromatic heterocycles. The molecule has 0 amide bonds. The molecule has 2 aliphatic heterocycles. The predicted molar refractivity (Wildman–Crippen MR) is 107 cm³/mol. The van der Waals surface area contributed by atoms with Gasteiger partial charge in [0, 0.05) is 24.2 Å². The number of piperidine rings is 2. The van der Waals surface area contributed by atoms with Crippen molar-refractivity contribution in [2.24, 2.45) is 5.92 Å². The van der Waals surface area contributed by atoms with Crippen LogP contribution in [0.2, 0.25) is 0 Å². The van der Waals surface area contributed by atoms with Gasteiger partial charge in [-0.2, -0.15) is 0 Å². The average molecular weight is 340 g/mol. The van der Waals surface area contributed by atoms with Gasteiger partial charge in [0.2, 0.25) is 0 Å². The third-order valence-corrected chi connectivity index (χ3v) is 6.79. The molecular weight excluding hydrogens is 306 g/mol. The van der Waals surface area contributed by atoms with Crippen molar-refractivity contribution in [1.29, 1.82) is 0 Å². The fraction of sp³-hybridized carbons (Fsp3) is 0.636. The van der Waals surface area contributed by atoms with Crippen molar-refractivity contribution < 1.29 is 0 Å². The van der Waals surface area contributed by atoms with Crippen LogP contribution in [0.3, 0.4) is 0 Å². The summed E-state index contributed by atoms with van der Waals surface area (Å²) in [5.74, 6) is 0.736. The van der Waals surface area contributed by atoms with Crippen molar-refractivity contribution in [3.63, 3.8) is 0 Å². The van der Waals surface area contributed by atoms with Gasteiger partial charge in [-0.1, -0.05) is 31.1 Å². The van der Waals surface area contributed by atoms with Crippen molar-refractivity contribution >= 4 is 11.4 Å². The molecule has 3 heteroatoms. The van der Waals surface area contributed by atoms with Crippen molar-refractivity contribution in [2.45, 2.75) is 82.0 Å². The van der Waals surface area contributed by atoms with Crippen LogP contribution in [0.5, 0.6) is 0 Å². The Morgan fingerprint density at radius 1 is 0.960 bits per heavy atom. The second kappa shape index (κ2) is 7.41. The monoisotopic (exact) mass is 339 g/mol. The highest BCUT2D eigenvalue weighted by molar-refractivity contribution is 5.66. The smallest absolute Gasteiger partial charge is 0.0576 e. The number of nitrogens with two attached hydrogens (primary N) is 1. The Morgan fingerprint density at radius 2 is 1.60 bits per heavy atom. The number of nitrogens with one attached hydrogen (secondary N) is 1. The number of benzene rings is 1. The van der Waals surface area contributed by atoms with E-state index in [0.717, 1.165) is 35.4 Å². The molecular formula is C22H33N3. The summed E-state index contributed by atoms with van der Waals surface area (Å²) in [6.45, 7) is 4.06. The molecule has 2 unspecified atom stereocenters. The molecule has 4 rings (SSSR count). The van der Waals surface area contributed by atoms with Crippen molar-refractivity contribution in [1.82, 2.24) is 4.90 Å². The summed E-state index contributed by atoms with van der Waals surface area (Å²) in [6.07, 6.45) is 14.3. The van der Waals surface area contributed by atoms with E-state index in [1.807, 2.05) is 12.1 Å². The number of rotatable bonds is 4. The average Bonchev–Trinajstić information content (AvgIpc) is 2.63. The summed E-state index contributed by atoms with van der Waals surface area (Å²) in [6, 6.07) is 11.1. The minimum atomic E-state index is 0.565. The SMILES string of the molecule is C=CC1CCC[C@H](N2[C@@H]3CCC[C@H]2CC(Nc2ccccc2N)C3)C1. The van der Waals surface area contributed by atoms with Gasteiger partial charge in [-0.15, -0.1) is 6.58 Å². The van der Waals surface area contributed by atoms with E-state index in [1.54, 1.807) is 0 Å². The Balaban J connectivity index is 1.45. The number of fused-ring (bicyclic) bond motifs is 2. The van der Waals surface area contributed by atoms with E-state index in [4.69, 9.17) is 5.73 Å². The van der Waals surface area contributed by atoms with Crippen LogP contribution in [-0.4, -0.2) is 29.1 Å². The summed E-state index contributed by atoms with van der Waals surface area (Å²) in [7, 11) is 0. The second-order valence-corrected chi connectivity index (χ2v) is 8.40. The zero-order valence-corrected chi connectivity index (χ0v) is 15.4. The predicted octanol–water partition coefficient (Wildman–Crippen LogP) is 4.81. The van der Waals surface area contributed by atoms with Crippen LogP contribution in [0.15, 0.2) is 36.9 Å². The fourth-order valence-electron chi connectivity index (χ4n) is 5.67. The first kappa shape index (κ1) is 17.0. The van der Waals surface area contributed by atoms with Gasteiger partial charge in [0.15, 0.2) is 0 Å². The number of nitrogen functional groups attached to an aromatic ring is 1. The van der Waals surface area contributed by atoms with Crippen LogP contribution in [0.25, 0.3) is 0 Å². The molecule has 1 aliphatic carbocycles. The molecule has 2 heterocycles. The lowest BCUT2D eigenvalue weighted by atomic mass is 9.76. The Bertz CT molecular complexity index is 585. The van der Waals surface area contributed by atoms with Crippen molar-refractivity contribution in [2.75, 3.05) is 11.1 Å². The summed E-state index contributed by atoms with van der Waals surface area (Å²) >= 11 is 0. The van der Waals surface area contributed by atoms with Crippen LogP contribution in [-0.2, 0) is 0 Å².